The third-order valence-corrected chi connectivity index (χ3v) is 4.24. The highest BCUT2D eigenvalue weighted by molar-refractivity contribution is 5.02. The van der Waals surface area contributed by atoms with Gasteiger partial charge in [-0.15, -0.1) is 0 Å². The molecule has 64 valence electrons. The standard InChI is InChI=1S/C10H18O/c1-10(2)8-4-3-7(6-11)9(10)5-8/h7-9,11H,3-6H2,1-2H3/t7-,8+,9?/m1/s1. The molecule has 1 heteroatoms. The zero-order valence-corrected chi connectivity index (χ0v) is 7.51. The van der Waals surface area contributed by atoms with Crippen molar-refractivity contribution in [2.24, 2.45) is 23.2 Å². The molecular formula is C10H18O. The van der Waals surface area contributed by atoms with E-state index in [0.717, 1.165) is 11.8 Å². The van der Waals surface area contributed by atoms with Crippen molar-refractivity contribution in [1.82, 2.24) is 0 Å². The summed E-state index contributed by atoms with van der Waals surface area (Å²) in [4.78, 5) is 0. The Morgan fingerprint density at radius 2 is 2.09 bits per heavy atom. The lowest BCUT2D eigenvalue weighted by atomic mass is 9.46. The minimum atomic E-state index is 0.417. The molecule has 1 nitrogen and oxygen atoms in total. The van der Waals surface area contributed by atoms with Crippen molar-refractivity contribution in [3.8, 4) is 0 Å². The molecule has 3 saturated carbocycles. The van der Waals surface area contributed by atoms with Gasteiger partial charge in [0.1, 0.15) is 0 Å². The third kappa shape index (κ3) is 0.868. The molecule has 3 atom stereocenters. The van der Waals surface area contributed by atoms with Crippen LogP contribution < -0.4 is 0 Å². The number of fused-ring (bicyclic) bond motifs is 2. The summed E-state index contributed by atoms with van der Waals surface area (Å²) in [5.74, 6) is 2.41. The van der Waals surface area contributed by atoms with Gasteiger partial charge in [-0.25, -0.2) is 0 Å². The molecule has 11 heavy (non-hydrogen) atoms. The zero-order valence-electron chi connectivity index (χ0n) is 7.51. The molecule has 0 amide bonds. The Balaban J connectivity index is 2.10. The zero-order chi connectivity index (χ0) is 8.06. The first-order valence-corrected chi connectivity index (χ1v) is 4.77. The molecule has 1 unspecified atom stereocenters. The maximum Gasteiger partial charge on any atom is 0.0462 e. The van der Waals surface area contributed by atoms with Crippen LogP contribution >= 0.6 is 0 Å². The number of aliphatic hydroxyl groups is 1. The second kappa shape index (κ2) is 2.22. The normalized spacial score (nSPS) is 46.6. The van der Waals surface area contributed by atoms with Gasteiger partial charge in [-0.2, -0.15) is 0 Å². The average Bonchev–Trinajstić information content (AvgIpc) is 2.04. The quantitative estimate of drug-likeness (QED) is 0.613. The average molecular weight is 154 g/mol. The van der Waals surface area contributed by atoms with Crippen molar-refractivity contribution >= 4 is 0 Å². The van der Waals surface area contributed by atoms with Crippen LogP contribution in [0.4, 0.5) is 0 Å². The Morgan fingerprint density at radius 3 is 2.45 bits per heavy atom. The molecule has 0 spiro atoms. The van der Waals surface area contributed by atoms with E-state index in [1.165, 1.54) is 19.3 Å². The lowest BCUT2D eigenvalue weighted by Crippen LogP contribution is -2.53. The van der Waals surface area contributed by atoms with E-state index in [0.29, 0.717) is 17.9 Å². The lowest BCUT2D eigenvalue weighted by Gasteiger charge is -2.59. The molecule has 0 aromatic heterocycles. The third-order valence-electron chi connectivity index (χ3n) is 4.24. The summed E-state index contributed by atoms with van der Waals surface area (Å²) in [5, 5.41) is 9.12. The van der Waals surface area contributed by atoms with Crippen molar-refractivity contribution < 1.29 is 5.11 Å². The number of aliphatic hydroxyl groups excluding tert-OH is 1. The molecule has 3 aliphatic carbocycles. The maximum absolute atomic E-state index is 9.12. The van der Waals surface area contributed by atoms with Gasteiger partial charge in [0.05, 0.1) is 0 Å². The minimum Gasteiger partial charge on any atom is -0.396 e. The van der Waals surface area contributed by atoms with Gasteiger partial charge in [-0.3, -0.25) is 0 Å². The van der Waals surface area contributed by atoms with Gasteiger partial charge >= 0.3 is 0 Å². The van der Waals surface area contributed by atoms with E-state index < -0.39 is 0 Å². The van der Waals surface area contributed by atoms with Crippen LogP contribution in [0.5, 0.6) is 0 Å². The minimum absolute atomic E-state index is 0.417. The summed E-state index contributed by atoms with van der Waals surface area (Å²) in [6.07, 6.45) is 4.02. The van der Waals surface area contributed by atoms with Gasteiger partial charge in [0, 0.05) is 6.61 Å². The van der Waals surface area contributed by atoms with Crippen LogP contribution in [0.2, 0.25) is 0 Å². The largest absolute Gasteiger partial charge is 0.396 e. The summed E-state index contributed by atoms with van der Waals surface area (Å²) in [5.41, 5.74) is 0.547. The maximum atomic E-state index is 9.12. The predicted molar refractivity (Wildman–Crippen MR) is 45.2 cm³/mol. The second-order valence-electron chi connectivity index (χ2n) is 4.88. The topological polar surface area (TPSA) is 20.2 Å². The van der Waals surface area contributed by atoms with Gasteiger partial charge in [0.15, 0.2) is 0 Å². The molecule has 0 saturated heterocycles. The van der Waals surface area contributed by atoms with Crippen LogP contribution in [0.25, 0.3) is 0 Å². The Morgan fingerprint density at radius 1 is 1.36 bits per heavy atom. The monoisotopic (exact) mass is 154 g/mol. The van der Waals surface area contributed by atoms with E-state index in [4.69, 9.17) is 5.11 Å². The summed E-state index contributed by atoms with van der Waals surface area (Å²) in [6.45, 7) is 5.15. The molecule has 3 rings (SSSR count). The lowest BCUT2D eigenvalue weighted by molar-refractivity contribution is -0.116. The van der Waals surface area contributed by atoms with Crippen molar-refractivity contribution in [2.45, 2.75) is 33.1 Å². The van der Waals surface area contributed by atoms with Crippen LogP contribution in [0.15, 0.2) is 0 Å². The van der Waals surface area contributed by atoms with Gasteiger partial charge < -0.3 is 5.11 Å². The summed E-state index contributed by atoms with van der Waals surface area (Å²) in [7, 11) is 0. The highest BCUT2D eigenvalue weighted by Crippen LogP contribution is 2.61. The molecule has 0 aromatic rings. The van der Waals surface area contributed by atoms with Crippen molar-refractivity contribution in [3.05, 3.63) is 0 Å². The first-order valence-electron chi connectivity index (χ1n) is 4.77. The van der Waals surface area contributed by atoms with Crippen LogP contribution in [0.1, 0.15) is 33.1 Å². The van der Waals surface area contributed by atoms with E-state index >= 15 is 0 Å². The molecular weight excluding hydrogens is 136 g/mol. The number of hydrogen-bond donors (Lipinski definition) is 1. The summed E-state index contributed by atoms with van der Waals surface area (Å²) >= 11 is 0. The van der Waals surface area contributed by atoms with E-state index in [1.54, 1.807) is 0 Å². The van der Waals surface area contributed by atoms with E-state index in [9.17, 15) is 0 Å². The Hall–Kier alpha value is -0.0400. The number of rotatable bonds is 1. The highest BCUT2D eigenvalue weighted by Gasteiger charge is 2.53. The first-order chi connectivity index (χ1) is 5.16. The highest BCUT2D eigenvalue weighted by atomic mass is 16.3. The van der Waals surface area contributed by atoms with Crippen LogP contribution in [-0.2, 0) is 0 Å². The number of hydrogen-bond acceptors (Lipinski definition) is 1. The fourth-order valence-electron chi connectivity index (χ4n) is 3.18. The Labute approximate surface area is 68.8 Å². The molecule has 1 N–H and O–H groups in total. The Kier molecular flexibility index (Phi) is 1.54. The first kappa shape index (κ1) is 7.60. The van der Waals surface area contributed by atoms with E-state index in [2.05, 4.69) is 13.8 Å². The van der Waals surface area contributed by atoms with E-state index in [1.807, 2.05) is 0 Å². The Bertz CT molecular complexity index is 160. The molecule has 3 aliphatic rings. The molecule has 0 heterocycles. The van der Waals surface area contributed by atoms with Crippen molar-refractivity contribution in [2.75, 3.05) is 6.61 Å². The smallest absolute Gasteiger partial charge is 0.0462 e. The van der Waals surface area contributed by atoms with Crippen molar-refractivity contribution in [3.63, 3.8) is 0 Å². The van der Waals surface area contributed by atoms with Gasteiger partial charge in [0.25, 0.3) is 0 Å². The van der Waals surface area contributed by atoms with Gasteiger partial charge in [0.2, 0.25) is 0 Å². The van der Waals surface area contributed by atoms with Crippen LogP contribution in [0, 0.1) is 23.2 Å². The summed E-state index contributed by atoms with van der Waals surface area (Å²) in [6, 6.07) is 0. The van der Waals surface area contributed by atoms with Gasteiger partial charge in [-0.1, -0.05) is 13.8 Å². The molecule has 0 aromatic carbocycles. The van der Waals surface area contributed by atoms with Crippen LogP contribution in [0.3, 0.4) is 0 Å². The molecule has 0 radical (unpaired) electrons. The predicted octanol–water partition coefficient (Wildman–Crippen LogP) is 2.05. The van der Waals surface area contributed by atoms with Crippen molar-refractivity contribution in [1.29, 1.82) is 0 Å². The van der Waals surface area contributed by atoms with Gasteiger partial charge in [-0.05, 0) is 42.4 Å². The fraction of sp³-hybridized carbons (Fsp3) is 1.00. The molecule has 3 fully saturated rings. The van der Waals surface area contributed by atoms with E-state index in [-0.39, 0.29) is 0 Å². The second-order valence-corrected chi connectivity index (χ2v) is 4.88. The fourth-order valence-corrected chi connectivity index (χ4v) is 3.18. The summed E-state index contributed by atoms with van der Waals surface area (Å²) < 4.78 is 0. The molecule has 0 aliphatic heterocycles. The SMILES string of the molecule is CC1(C)C2C[C@@H]1CC[C@@H]2CO. The van der Waals surface area contributed by atoms with Crippen LogP contribution in [-0.4, -0.2) is 11.7 Å². The molecule has 2 bridgehead atoms.